The van der Waals surface area contributed by atoms with Crippen LogP contribution >= 0.6 is 12.2 Å². The number of hydrogen-bond acceptors (Lipinski definition) is 4. The molecular weight excluding hydrogens is 152 g/mol. The SMILES string of the molecule is C[C@@H](O)Cn1[nH]nnc1=S. The minimum atomic E-state index is -0.436. The molecule has 56 valence electrons. The Labute approximate surface area is 62.7 Å². The number of aliphatic hydroxyl groups is 1. The van der Waals surface area contributed by atoms with Crippen molar-refractivity contribution in [2.45, 2.75) is 19.6 Å². The summed E-state index contributed by atoms with van der Waals surface area (Å²) < 4.78 is 1.86. The lowest BCUT2D eigenvalue weighted by Crippen LogP contribution is -2.12. The number of rotatable bonds is 2. The van der Waals surface area contributed by atoms with Gasteiger partial charge in [0.25, 0.3) is 0 Å². The van der Waals surface area contributed by atoms with Crippen LogP contribution in [0.2, 0.25) is 0 Å². The van der Waals surface area contributed by atoms with Gasteiger partial charge in [-0.2, -0.15) is 5.21 Å². The number of nitrogens with zero attached hydrogens (tertiary/aromatic N) is 3. The molecule has 5 nitrogen and oxygen atoms in total. The van der Waals surface area contributed by atoms with Gasteiger partial charge in [-0.15, -0.1) is 0 Å². The van der Waals surface area contributed by atoms with Crippen molar-refractivity contribution in [3.05, 3.63) is 4.77 Å². The molecule has 0 saturated heterocycles. The summed E-state index contributed by atoms with van der Waals surface area (Å²) in [6, 6.07) is 0. The van der Waals surface area contributed by atoms with Crippen molar-refractivity contribution in [3.8, 4) is 0 Å². The van der Waals surface area contributed by atoms with E-state index in [1.54, 1.807) is 6.92 Å². The van der Waals surface area contributed by atoms with E-state index in [1.165, 1.54) is 4.68 Å². The molecule has 2 N–H and O–H groups in total. The Kier molecular flexibility index (Phi) is 2.13. The van der Waals surface area contributed by atoms with Gasteiger partial charge in [-0.1, -0.05) is 10.3 Å². The van der Waals surface area contributed by atoms with E-state index in [9.17, 15) is 0 Å². The molecule has 1 aromatic heterocycles. The predicted molar refractivity (Wildman–Crippen MR) is 36.9 cm³/mol. The first-order chi connectivity index (χ1) is 4.70. The number of aliphatic hydroxyl groups excluding tert-OH is 1. The fraction of sp³-hybridized carbons (Fsp3) is 0.750. The minimum absolute atomic E-state index is 0.362. The zero-order valence-electron chi connectivity index (χ0n) is 5.48. The van der Waals surface area contributed by atoms with Crippen LogP contribution in [0.15, 0.2) is 0 Å². The Morgan fingerprint density at radius 1 is 1.90 bits per heavy atom. The average Bonchev–Trinajstić information content (AvgIpc) is 2.15. The van der Waals surface area contributed by atoms with E-state index < -0.39 is 6.10 Å². The van der Waals surface area contributed by atoms with Gasteiger partial charge in [-0.05, 0) is 19.1 Å². The first-order valence-corrected chi connectivity index (χ1v) is 3.27. The molecule has 1 atom stereocenters. The van der Waals surface area contributed by atoms with Crippen molar-refractivity contribution < 1.29 is 5.11 Å². The van der Waals surface area contributed by atoms with Gasteiger partial charge in [0.05, 0.1) is 12.6 Å². The van der Waals surface area contributed by atoms with Crippen LogP contribution in [0, 0.1) is 4.77 Å². The van der Waals surface area contributed by atoms with Crippen LogP contribution in [-0.4, -0.2) is 31.4 Å². The smallest absolute Gasteiger partial charge is 0.238 e. The van der Waals surface area contributed by atoms with Crippen LogP contribution in [0.4, 0.5) is 0 Å². The molecule has 0 aliphatic heterocycles. The lowest BCUT2D eigenvalue weighted by Gasteiger charge is -2.01. The van der Waals surface area contributed by atoms with Gasteiger partial charge in [0.15, 0.2) is 0 Å². The zero-order chi connectivity index (χ0) is 7.56. The molecular formula is C4H8N4OS. The molecule has 0 spiro atoms. The molecule has 1 aromatic rings. The van der Waals surface area contributed by atoms with Crippen LogP contribution < -0.4 is 0 Å². The maximum Gasteiger partial charge on any atom is 0.238 e. The zero-order valence-corrected chi connectivity index (χ0v) is 6.30. The summed E-state index contributed by atoms with van der Waals surface area (Å²) >= 11 is 4.75. The van der Waals surface area contributed by atoms with Crippen molar-refractivity contribution in [2.24, 2.45) is 0 Å². The molecule has 0 aliphatic rings. The van der Waals surface area contributed by atoms with Crippen LogP contribution in [0.1, 0.15) is 6.92 Å². The third kappa shape index (κ3) is 1.61. The third-order valence-electron chi connectivity index (χ3n) is 0.979. The Bertz CT molecular complexity index is 252. The highest BCUT2D eigenvalue weighted by atomic mass is 32.1. The second kappa shape index (κ2) is 2.89. The number of nitrogens with one attached hydrogen (secondary N) is 1. The number of hydrogen-bond donors (Lipinski definition) is 2. The maximum atomic E-state index is 8.91. The van der Waals surface area contributed by atoms with E-state index in [2.05, 4.69) is 15.5 Å². The third-order valence-corrected chi connectivity index (χ3v) is 1.28. The molecule has 0 amide bonds. The van der Waals surface area contributed by atoms with Crippen molar-refractivity contribution in [3.63, 3.8) is 0 Å². The molecule has 1 rings (SSSR count). The molecule has 0 saturated carbocycles. The first kappa shape index (κ1) is 7.36. The summed E-state index contributed by atoms with van der Waals surface area (Å²) in [6.45, 7) is 2.08. The molecule has 0 unspecified atom stereocenters. The number of aromatic nitrogens is 4. The van der Waals surface area contributed by atoms with Gasteiger partial charge in [0, 0.05) is 0 Å². The largest absolute Gasteiger partial charge is 0.391 e. The summed E-state index contributed by atoms with van der Waals surface area (Å²) in [5.74, 6) is 0. The van der Waals surface area contributed by atoms with E-state index in [0.29, 0.717) is 11.3 Å². The van der Waals surface area contributed by atoms with E-state index in [1.807, 2.05) is 0 Å². The molecule has 0 bridgehead atoms. The lowest BCUT2D eigenvalue weighted by molar-refractivity contribution is 0.167. The highest BCUT2D eigenvalue weighted by molar-refractivity contribution is 7.71. The van der Waals surface area contributed by atoms with Gasteiger partial charge in [0.2, 0.25) is 4.77 Å². The second-order valence-corrected chi connectivity index (χ2v) is 2.41. The van der Waals surface area contributed by atoms with Gasteiger partial charge in [0.1, 0.15) is 0 Å². The molecule has 0 radical (unpaired) electrons. The lowest BCUT2D eigenvalue weighted by atomic mass is 10.4. The normalized spacial score (nSPS) is 13.4. The van der Waals surface area contributed by atoms with Crippen molar-refractivity contribution in [1.29, 1.82) is 0 Å². The van der Waals surface area contributed by atoms with E-state index in [4.69, 9.17) is 17.3 Å². The quantitative estimate of drug-likeness (QED) is 0.584. The first-order valence-electron chi connectivity index (χ1n) is 2.86. The van der Waals surface area contributed by atoms with Crippen LogP contribution in [-0.2, 0) is 6.54 Å². The Morgan fingerprint density at radius 3 is 3.00 bits per heavy atom. The van der Waals surface area contributed by atoms with Crippen LogP contribution in [0.5, 0.6) is 0 Å². The summed E-state index contributed by atoms with van der Waals surface area (Å²) in [6.07, 6.45) is -0.436. The Balaban J connectivity index is 2.75. The summed E-state index contributed by atoms with van der Waals surface area (Å²) in [4.78, 5) is 0. The molecule has 10 heavy (non-hydrogen) atoms. The highest BCUT2D eigenvalue weighted by Gasteiger charge is 1.98. The molecule has 0 aliphatic carbocycles. The monoisotopic (exact) mass is 160 g/mol. The molecule has 6 heteroatoms. The Morgan fingerprint density at radius 2 is 2.60 bits per heavy atom. The fourth-order valence-corrected chi connectivity index (χ4v) is 0.755. The highest BCUT2D eigenvalue weighted by Crippen LogP contribution is 1.87. The average molecular weight is 160 g/mol. The molecule has 0 aromatic carbocycles. The number of tetrazole rings is 1. The molecule has 0 fully saturated rings. The fourth-order valence-electron chi connectivity index (χ4n) is 0.599. The topological polar surface area (TPSA) is 66.7 Å². The van der Waals surface area contributed by atoms with Gasteiger partial charge < -0.3 is 5.11 Å². The summed E-state index contributed by atoms with van der Waals surface area (Å²) in [7, 11) is 0. The van der Waals surface area contributed by atoms with Crippen LogP contribution in [0.25, 0.3) is 0 Å². The predicted octanol–water partition coefficient (Wildman–Crippen LogP) is -0.284. The second-order valence-electron chi connectivity index (χ2n) is 2.04. The van der Waals surface area contributed by atoms with E-state index in [0.717, 1.165) is 0 Å². The summed E-state index contributed by atoms with van der Waals surface area (Å²) in [5.41, 5.74) is 0. The number of aromatic amines is 1. The van der Waals surface area contributed by atoms with Gasteiger partial charge >= 0.3 is 0 Å². The van der Waals surface area contributed by atoms with Crippen LogP contribution in [0.3, 0.4) is 0 Å². The summed E-state index contributed by atoms with van der Waals surface area (Å²) in [5, 5.41) is 18.4. The van der Waals surface area contributed by atoms with E-state index >= 15 is 0 Å². The van der Waals surface area contributed by atoms with Gasteiger partial charge in [-0.3, -0.25) is 0 Å². The van der Waals surface area contributed by atoms with Crippen molar-refractivity contribution in [2.75, 3.05) is 0 Å². The van der Waals surface area contributed by atoms with Crippen molar-refractivity contribution >= 4 is 12.2 Å². The maximum absolute atomic E-state index is 8.91. The standard InChI is InChI=1S/C4H8N4OS/c1-3(9)2-8-4(10)5-6-7-8/h3,9H,2H2,1H3,(H,5,7,10)/t3-/m1/s1. The molecule has 1 heterocycles. The minimum Gasteiger partial charge on any atom is -0.391 e. The number of H-pyrrole nitrogens is 1. The van der Waals surface area contributed by atoms with Crippen molar-refractivity contribution in [1.82, 2.24) is 20.2 Å². The van der Waals surface area contributed by atoms with E-state index in [-0.39, 0.29) is 0 Å². The van der Waals surface area contributed by atoms with Gasteiger partial charge in [-0.25, -0.2) is 4.68 Å². The Hall–Kier alpha value is -0.750.